The number of imidazole rings is 1. The summed E-state index contributed by atoms with van der Waals surface area (Å²) in [7, 11) is 3.20. The van der Waals surface area contributed by atoms with Crippen LogP contribution >= 0.6 is 11.6 Å². The Morgan fingerprint density at radius 1 is 1.15 bits per heavy atom. The lowest BCUT2D eigenvalue weighted by Gasteiger charge is -2.10. The molecule has 0 bridgehead atoms. The maximum absolute atomic E-state index is 12.1. The van der Waals surface area contributed by atoms with E-state index in [1.807, 2.05) is 34.9 Å². The Morgan fingerprint density at radius 2 is 1.96 bits per heavy atom. The fraction of sp³-hybridized carbons (Fsp3) is 0.263. The van der Waals surface area contributed by atoms with Crippen LogP contribution in [0.3, 0.4) is 0 Å². The third kappa shape index (κ3) is 4.26. The summed E-state index contributed by atoms with van der Waals surface area (Å²) < 4.78 is 12.3. The second-order valence-electron chi connectivity index (χ2n) is 5.81. The number of carbonyl (C=O) groups is 1. The molecule has 1 N–H and O–H groups in total. The number of hydrogen-bond acceptors (Lipinski definition) is 4. The van der Waals surface area contributed by atoms with Gasteiger partial charge in [0.15, 0.2) is 11.5 Å². The number of pyridine rings is 1. The number of rotatable bonds is 7. The molecule has 0 aliphatic rings. The molecule has 26 heavy (non-hydrogen) atoms. The summed E-state index contributed by atoms with van der Waals surface area (Å²) in [5, 5.41) is 3.54. The highest BCUT2D eigenvalue weighted by Crippen LogP contribution is 2.27. The van der Waals surface area contributed by atoms with Crippen molar-refractivity contribution in [1.82, 2.24) is 14.7 Å². The molecule has 0 spiro atoms. The van der Waals surface area contributed by atoms with Crippen molar-refractivity contribution in [3.63, 3.8) is 0 Å². The van der Waals surface area contributed by atoms with Crippen LogP contribution in [-0.4, -0.2) is 36.1 Å². The van der Waals surface area contributed by atoms with Crippen LogP contribution in [0.1, 0.15) is 11.3 Å². The summed E-state index contributed by atoms with van der Waals surface area (Å²) >= 11 is 5.96. The van der Waals surface area contributed by atoms with Gasteiger partial charge in [0.05, 0.1) is 31.4 Å². The maximum Gasteiger partial charge on any atom is 0.226 e. The number of nitrogens with zero attached hydrogens (tertiary/aromatic N) is 2. The number of hydrogen-bond donors (Lipinski definition) is 1. The fourth-order valence-corrected chi connectivity index (χ4v) is 2.88. The normalized spacial score (nSPS) is 10.7. The molecule has 6 nitrogen and oxygen atoms in total. The molecular weight excluding hydrogens is 354 g/mol. The first-order valence-electron chi connectivity index (χ1n) is 8.20. The van der Waals surface area contributed by atoms with Gasteiger partial charge in [0.1, 0.15) is 5.65 Å². The Hall–Kier alpha value is -2.73. The molecule has 1 aromatic carbocycles. The molecule has 0 aliphatic carbocycles. The molecule has 2 heterocycles. The zero-order valence-corrected chi connectivity index (χ0v) is 15.4. The lowest BCUT2D eigenvalue weighted by Crippen LogP contribution is -2.27. The monoisotopic (exact) mass is 373 g/mol. The minimum absolute atomic E-state index is 0.0695. The van der Waals surface area contributed by atoms with Crippen LogP contribution in [0.25, 0.3) is 5.65 Å². The quantitative estimate of drug-likeness (QED) is 0.691. The molecule has 0 saturated carbocycles. The molecule has 0 atom stereocenters. The molecule has 2 aromatic heterocycles. The number of amides is 1. The number of benzene rings is 1. The predicted octanol–water partition coefficient (Wildman–Crippen LogP) is 2.91. The molecule has 1 amide bonds. The second-order valence-corrected chi connectivity index (χ2v) is 6.25. The van der Waals surface area contributed by atoms with Crippen molar-refractivity contribution < 1.29 is 14.3 Å². The molecular formula is C19H20ClN3O3. The van der Waals surface area contributed by atoms with Gasteiger partial charge < -0.3 is 19.2 Å². The van der Waals surface area contributed by atoms with Gasteiger partial charge in [-0.3, -0.25) is 4.79 Å². The summed E-state index contributed by atoms with van der Waals surface area (Å²) in [4.78, 5) is 16.6. The summed E-state index contributed by atoms with van der Waals surface area (Å²) in [6, 6.07) is 9.33. The number of aromatic nitrogens is 2. The van der Waals surface area contributed by atoms with Crippen molar-refractivity contribution in [1.29, 1.82) is 0 Å². The number of methoxy groups -OCH3 is 2. The van der Waals surface area contributed by atoms with Gasteiger partial charge in [0.25, 0.3) is 0 Å². The van der Waals surface area contributed by atoms with E-state index in [0.717, 1.165) is 11.2 Å². The number of nitrogens with one attached hydrogen (secondary N) is 1. The van der Waals surface area contributed by atoms with Gasteiger partial charge in [-0.2, -0.15) is 0 Å². The van der Waals surface area contributed by atoms with E-state index >= 15 is 0 Å². The number of fused-ring (bicyclic) bond motifs is 1. The van der Waals surface area contributed by atoms with Gasteiger partial charge in [-0.15, -0.1) is 0 Å². The van der Waals surface area contributed by atoms with Gasteiger partial charge in [0.2, 0.25) is 5.91 Å². The van der Waals surface area contributed by atoms with Gasteiger partial charge in [-0.25, -0.2) is 4.98 Å². The third-order valence-corrected chi connectivity index (χ3v) is 4.21. The average Bonchev–Trinajstić information content (AvgIpc) is 3.02. The Labute approximate surface area is 156 Å². The van der Waals surface area contributed by atoms with Crippen molar-refractivity contribution in [2.24, 2.45) is 0 Å². The van der Waals surface area contributed by atoms with Crippen molar-refractivity contribution in [2.75, 3.05) is 20.8 Å². The Morgan fingerprint density at radius 3 is 2.73 bits per heavy atom. The fourth-order valence-electron chi connectivity index (χ4n) is 2.71. The van der Waals surface area contributed by atoms with Crippen LogP contribution in [0.5, 0.6) is 11.5 Å². The predicted molar refractivity (Wildman–Crippen MR) is 100 cm³/mol. The Kier molecular flexibility index (Phi) is 5.63. The molecule has 3 rings (SSSR count). The lowest BCUT2D eigenvalue weighted by atomic mass is 10.1. The van der Waals surface area contributed by atoms with E-state index in [9.17, 15) is 4.79 Å². The molecule has 0 aliphatic heterocycles. The van der Waals surface area contributed by atoms with E-state index in [1.54, 1.807) is 26.5 Å². The van der Waals surface area contributed by atoms with E-state index < -0.39 is 0 Å². The molecule has 136 valence electrons. The van der Waals surface area contributed by atoms with Crippen LogP contribution in [0.4, 0.5) is 0 Å². The van der Waals surface area contributed by atoms with Crippen molar-refractivity contribution in [3.8, 4) is 11.5 Å². The highest BCUT2D eigenvalue weighted by Gasteiger charge is 2.09. The van der Waals surface area contributed by atoms with Crippen molar-refractivity contribution >= 4 is 23.2 Å². The summed E-state index contributed by atoms with van der Waals surface area (Å²) in [6.45, 7) is 0.535. The molecule has 0 unspecified atom stereocenters. The maximum atomic E-state index is 12.1. The topological polar surface area (TPSA) is 64.9 Å². The van der Waals surface area contributed by atoms with Crippen LogP contribution in [0.2, 0.25) is 5.02 Å². The lowest BCUT2D eigenvalue weighted by molar-refractivity contribution is -0.120. The standard InChI is InChI=1S/C19H20ClN3O3/c1-25-16-5-3-13(9-17(16)26-2)7-8-21-19(24)10-15-12-23-11-14(20)4-6-18(23)22-15/h3-6,9,11-12H,7-8,10H2,1-2H3,(H,21,24). The van der Waals surface area contributed by atoms with Crippen LogP contribution < -0.4 is 14.8 Å². The van der Waals surface area contributed by atoms with E-state index in [0.29, 0.717) is 35.2 Å². The molecule has 0 radical (unpaired) electrons. The SMILES string of the molecule is COc1ccc(CCNC(=O)Cc2cn3cc(Cl)ccc3n2)cc1OC. The largest absolute Gasteiger partial charge is 0.493 e. The second kappa shape index (κ2) is 8.10. The Bertz CT molecular complexity index is 924. The minimum Gasteiger partial charge on any atom is -0.493 e. The first-order valence-corrected chi connectivity index (χ1v) is 8.57. The van der Waals surface area contributed by atoms with E-state index in [1.165, 1.54) is 0 Å². The average molecular weight is 374 g/mol. The molecule has 0 saturated heterocycles. The molecule has 3 aromatic rings. The highest BCUT2D eigenvalue weighted by molar-refractivity contribution is 6.30. The molecule has 0 fully saturated rings. The zero-order valence-electron chi connectivity index (χ0n) is 14.7. The summed E-state index contributed by atoms with van der Waals surface area (Å²) in [5.74, 6) is 1.30. The summed E-state index contributed by atoms with van der Waals surface area (Å²) in [5.41, 5.74) is 2.53. The first kappa shape index (κ1) is 18.1. The van der Waals surface area contributed by atoms with E-state index in [4.69, 9.17) is 21.1 Å². The number of halogens is 1. The van der Waals surface area contributed by atoms with Crippen LogP contribution in [0.15, 0.2) is 42.7 Å². The van der Waals surface area contributed by atoms with Gasteiger partial charge in [0, 0.05) is 18.9 Å². The van der Waals surface area contributed by atoms with Gasteiger partial charge in [-0.1, -0.05) is 17.7 Å². The number of carbonyl (C=O) groups excluding carboxylic acids is 1. The van der Waals surface area contributed by atoms with Gasteiger partial charge in [-0.05, 0) is 36.2 Å². The van der Waals surface area contributed by atoms with Crippen molar-refractivity contribution in [3.05, 3.63) is 59.0 Å². The zero-order chi connectivity index (χ0) is 18.5. The highest BCUT2D eigenvalue weighted by atomic mass is 35.5. The third-order valence-electron chi connectivity index (χ3n) is 3.99. The smallest absolute Gasteiger partial charge is 0.226 e. The minimum atomic E-state index is -0.0695. The van der Waals surface area contributed by atoms with Gasteiger partial charge >= 0.3 is 0 Å². The van der Waals surface area contributed by atoms with Crippen LogP contribution in [0, 0.1) is 0 Å². The number of ether oxygens (including phenoxy) is 2. The van der Waals surface area contributed by atoms with Crippen molar-refractivity contribution in [2.45, 2.75) is 12.8 Å². The van der Waals surface area contributed by atoms with E-state index in [-0.39, 0.29) is 12.3 Å². The van der Waals surface area contributed by atoms with E-state index in [2.05, 4.69) is 10.3 Å². The Balaban J connectivity index is 1.53. The molecule has 7 heteroatoms. The first-order chi connectivity index (χ1) is 12.6. The van der Waals surface area contributed by atoms with Crippen LogP contribution in [-0.2, 0) is 17.6 Å². The summed E-state index contributed by atoms with van der Waals surface area (Å²) in [6.07, 6.45) is 4.51.